The lowest BCUT2D eigenvalue weighted by Gasteiger charge is -2.19. The minimum Gasteiger partial charge on any atom is -0.290 e. The molecular formula is C24H26F3N5S2. The highest BCUT2D eigenvalue weighted by Gasteiger charge is 2.31. The zero-order valence-electron chi connectivity index (χ0n) is 18.8. The second-order valence-electron chi connectivity index (χ2n) is 6.79. The first-order chi connectivity index (χ1) is 16.3. The quantitative estimate of drug-likeness (QED) is 0.174. The van der Waals surface area contributed by atoms with Gasteiger partial charge in [-0.2, -0.15) is 13.2 Å². The summed E-state index contributed by atoms with van der Waals surface area (Å²) in [5, 5.41) is 0. The third-order valence-electron chi connectivity index (χ3n) is 4.30. The summed E-state index contributed by atoms with van der Waals surface area (Å²) in [5.41, 5.74) is -3.17. The van der Waals surface area contributed by atoms with Crippen LogP contribution in [0.25, 0.3) is 0 Å². The van der Waals surface area contributed by atoms with E-state index in [9.17, 15) is 13.2 Å². The van der Waals surface area contributed by atoms with Gasteiger partial charge in [-0.3, -0.25) is 9.56 Å². The van der Waals surface area contributed by atoms with Crippen LogP contribution in [0.4, 0.5) is 13.2 Å². The molecule has 3 rings (SSSR count). The number of hydrogen-bond donors (Lipinski definition) is 0. The largest absolute Gasteiger partial charge is 0.446 e. The van der Waals surface area contributed by atoms with Gasteiger partial charge in [-0.25, -0.2) is 14.3 Å². The van der Waals surface area contributed by atoms with Gasteiger partial charge in [-0.15, -0.1) is 0 Å². The first-order valence-corrected chi connectivity index (χ1v) is 11.8. The molecule has 0 spiro atoms. The van der Waals surface area contributed by atoms with Gasteiger partial charge in [0, 0.05) is 47.6 Å². The van der Waals surface area contributed by atoms with Gasteiger partial charge in [0.1, 0.15) is 11.7 Å². The van der Waals surface area contributed by atoms with E-state index in [2.05, 4.69) is 34.8 Å². The van der Waals surface area contributed by atoms with Crippen molar-refractivity contribution < 1.29 is 13.2 Å². The molecule has 1 aromatic heterocycles. The van der Waals surface area contributed by atoms with Crippen molar-refractivity contribution in [1.29, 1.82) is 0 Å². The van der Waals surface area contributed by atoms with Crippen LogP contribution in [0.5, 0.6) is 0 Å². The van der Waals surface area contributed by atoms with Crippen molar-refractivity contribution in [2.45, 2.75) is 35.2 Å². The zero-order chi connectivity index (χ0) is 25.0. The topological polar surface area (TPSA) is 45.8 Å². The molecule has 10 heteroatoms. The number of nitrogens with zero attached hydrogens (tertiary/aromatic N) is 5. The molecule has 0 unspecified atom stereocenters. The van der Waals surface area contributed by atoms with Gasteiger partial charge in [0.2, 0.25) is 0 Å². The smallest absolute Gasteiger partial charge is 0.290 e. The summed E-state index contributed by atoms with van der Waals surface area (Å²) in [6, 6.07) is 6.53. The van der Waals surface area contributed by atoms with Crippen molar-refractivity contribution >= 4 is 36.3 Å². The molecule has 34 heavy (non-hydrogen) atoms. The van der Waals surface area contributed by atoms with E-state index >= 15 is 0 Å². The number of aromatic nitrogens is 2. The van der Waals surface area contributed by atoms with Crippen LogP contribution in [0, 0.1) is 0 Å². The Labute approximate surface area is 206 Å². The molecule has 180 valence electrons. The van der Waals surface area contributed by atoms with Gasteiger partial charge in [0.05, 0.1) is 6.54 Å². The van der Waals surface area contributed by atoms with Crippen molar-refractivity contribution in [3.63, 3.8) is 0 Å². The van der Waals surface area contributed by atoms with Crippen LogP contribution in [-0.2, 0) is 6.54 Å². The summed E-state index contributed by atoms with van der Waals surface area (Å²) < 4.78 is 42.3. The standard InChI is InChI=1S/C17H16F3N5S2.C7H10/c1-21-7-8-22-15-6-10-24(12-16-23-9-11-25(15)16)27-14-5-3-2-4-13(14)26-17(18,19)20;1-4-6-7(3)5-2/h2-5,7-9,11H,1,6,10,12H2;4-6H,1-2H2,3H3/b8-7-,22-15?;7-6-. The Balaban J connectivity index is 0.000000509. The summed E-state index contributed by atoms with van der Waals surface area (Å²) in [5.74, 6) is 1.57. The average molecular weight is 506 g/mol. The Morgan fingerprint density at radius 3 is 2.53 bits per heavy atom. The van der Waals surface area contributed by atoms with Crippen LogP contribution in [0.1, 0.15) is 19.2 Å². The molecule has 1 aliphatic heterocycles. The first kappa shape index (κ1) is 27.4. The molecule has 2 heterocycles. The molecule has 0 radical (unpaired) electrons. The van der Waals surface area contributed by atoms with E-state index in [-0.39, 0.29) is 16.7 Å². The number of alkyl halides is 3. The highest BCUT2D eigenvalue weighted by atomic mass is 32.2. The Morgan fingerprint density at radius 1 is 1.18 bits per heavy atom. The van der Waals surface area contributed by atoms with Gasteiger partial charge >= 0.3 is 5.51 Å². The SMILES string of the molecule is C=C/C=C(/C)C=C.C=N/C=C\N=C1CCN(Sc2ccccc2SC(F)(F)F)Cc2nccn21. The lowest BCUT2D eigenvalue weighted by molar-refractivity contribution is -0.0329. The van der Waals surface area contributed by atoms with E-state index in [0.29, 0.717) is 24.4 Å². The molecule has 1 aliphatic rings. The number of imidazole rings is 1. The van der Waals surface area contributed by atoms with Crippen molar-refractivity contribution in [2.24, 2.45) is 9.98 Å². The van der Waals surface area contributed by atoms with Crippen molar-refractivity contribution in [2.75, 3.05) is 6.54 Å². The van der Waals surface area contributed by atoms with Crippen LogP contribution in [0.15, 0.2) is 106 Å². The second kappa shape index (κ2) is 13.8. The predicted octanol–water partition coefficient (Wildman–Crippen LogP) is 7.13. The van der Waals surface area contributed by atoms with Crippen LogP contribution >= 0.6 is 23.7 Å². The highest BCUT2D eigenvalue weighted by molar-refractivity contribution is 8.02. The molecule has 0 saturated carbocycles. The number of aliphatic imine (C=N–C) groups is 2. The molecule has 2 aromatic rings. The predicted molar refractivity (Wildman–Crippen MR) is 137 cm³/mol. The molecule has 0 saturated heterocycles. The number of halogens is 3. The number of thioether (sulfide) groups is 1. The lowest BCUT2D eigenvalue weighted by atomic mass is 10.3. The summed E-state index contributed by atoms with van der Waals surface area (Å²) in [6.45, 7) is 13.5. The monoisotopic (exact) mass is 505 g/mol. The summed E-state index contributed by atoms with van der Waals surface area (Å²) >= 11 is 1.21. The number of benzene rings is 1. The molecule has 0 N–H and O–H groups in total. The fourth-order valence-corrected chi connectivity index (χ4v) is 4.51. The van der Waals surface area contributed by atoms with E-state index in [1.54, 1.807) is 42.7 Å². The minimum absolute atomic E-state index is 0.0950. The summed E-state index contributed by atoms with van der Waals surface area (Å²) in [4.78, 5) is 13.1. The number of rotatable bonds is 7. The Bertz CT molecular complexity index is 1070. The van der Waals surface area contributed by atoms with Crippen LogP contribution in [0.3, 0.4) is 0 Å². The lowest BCUT2D eigenvalue weighted by Crippen LogP contribution is -2.16. The van der Waals surface area contributed by atoms with Crippen LogP contribution in [-0.4, -0.2) is 38.5 Å². The fraction of sp³-hybridized carbons (Fsp3) is 0.208. The van der Waals surface area contributed by atoms with Gasteiger partial charge in [0.25, 0.3) is 0 Å². The van der Waals surface area contributed by atoms with E-state index in [1.165, 1.54) is 24.2 Å². The molecule has 1 aromatic carbocycles. The fourth-order valence-electron chi connectivity index (χ4n) is 2.77. The maximum absolute atomic E-state index is 12.8. The van der Waals surface area contributed by atoms with E-state index in [0.717, 1.165) is 17.2 Å². The zero-order valence-corrected chi connectivity index (χ0v) is 20.4. The number of allylic oxidation sites excluding steroid dienone is 4. The van der Waals surface area contributed by atoms with Gasteiger partial charge in [-0.1, -0.05) is 49.1 Å². The Hall–Kier alpha value is -2.82. The van der Waals surface area contributed by atoms with Crippen LogP contribution in [0.2, 0.25) is 0 Å². The second-order valence-corrected chi connectivity index (χ2v) is 9.04. The molecular weight excluding hydrogens is 479 g/mol. The number of hydrogen-bond acceptors (Lipinski definition) is 6. The van der Waals surface area contributed by atoms with Crippen molar-refractivity contribution in [3.05, 3.63) is 91.8 Å². The highest BCUT2D eigenvalue weighted by Crippen LogP contribution is 2.42. The maximum Gasteiger partial charge on any atom is 0.446 e. The Morgan fingerprint density at radius 2 is 1.91 bits per heavy atom. The molecule has 0 amide bonds. The van der Waals surface area contributed by atoms with Gasteiger partial charge in [-0.05, 0) is 49.5 Å². The Kier molecular flexibility index (Phi) is 11.1. The van der Waals surface area contributed by atoms with Crippen molar-refractivity contribution in [3.8, 4) is 0 Å². The molecule has 0 fully saturated rings. The summed E-state index contributed by atoms with van der Waals surface area (Å²) in [6.07, 6.45) is 12.6. The average Bonchev–Trinajstić information content (AvgIpc) is 3.18. The molecule has 0 bridgehead atoms. The summed E-state index contributed by atoms with van der Waals surface area (Å²) in [7, 11) is 0. The number of fused-ring (bicyclic) bond motifs is 1. The molecule has 5 nitrogen and oxygen atoms in total. The van der Waals surface area contributed by atoms with E-state index in [1.807, 2.05) is 28.1 Å². The van der Waals surface area contributed by atoms with Gasteiger partial charge in [0.15, 0.2) is 0 Å². The molecule has 0 aliphatic carbocycles. The first-order valence-electron chi connectivity index (χ1n) is 10.2. The van der Waals surface area contributed by atoms with Crippen LogP contribution < -0.4 is 0 Å². The van der Waals surface area contributed by atoms with Crippen molar-refractivity contribution in [1.82, 2.24) is 13.9 Å². The minimum atomic E-state index is -4.32. The van der Waals surface area contributed by atoms with E-state index in [4.69, 9.17) is 0 Å². The molecule has 0 atom stereocenters. The third kappa shape index (κ3) is 9.20. The van der Waals surface area contributed by atoms with E-state index < -0.39 is 5.51 Å². The third-order valence-corrected chi connectivity index (χ3v) is 6.36. The normalized spacial score (nSPS) is 15.9. The maximum atomic E-state index is 12.8. The van der Waals surface area contributed by atoms with Gasteiger partial charge < -0.3 is 0 Å².